The van der Waals surface area contributed by atoms with Gasteiger partial charge in [0.1, 0.15) is 0 Å². The molecule has 0 spiro atoms. The van der Waals surface area contributed by atoms with Crippen molar-refractivity contribution in [1.82, 2.24) is 5.32 Å². The lowest BCUT2D eigenvalue weighted by Crippen LogP contribution is -2.30. The number of anilines is 1. The summed E-state index contributed by atoms with van der Waals surface area (Å²) in [5, 5.41) is 5.01. The van der Waals surface area contributed by atoms with Gasteiger partial charge in [0.05, 0.1) is 5.56 Å². The number of carbonyl (C=O) groups is 1. The summed E-state index contributed by atoms with van der Waals surface area (Å²) in [6.07, 6.45) is -2.62. The Morgan fingerprint density at radius 2 is 2.00 bits per heavy atom. The summed E-state index contributed by atoms with van der Waals surface area (Å²) in [5.41, 5.74) is -0.699. The summed E-state index contributed by atoms with van der Waals surface area (Å²) < 4.78 is 37.8. The van der Waals surface area contributed by atoms with Gasteiger partial charge in [-0.3, -0.25) is 0 Å². The molecule has 1 fully saturated rings. The summed E-state index contributed by atoms with van der Waals surface area (Å²) in [4.78, 5) is 11.4. The van der Waals surface area contributed by atoms with Gasteiger partial charge in [0, 0.05) is 16.2 Å². The van der Waals surface area contributed by atoms with Gasteiger partial charge in [0.15, 0.2) is 0 Å². The van der Waals surface area contributed by atoms with Gasteiger partial charge in [-0.25, -0.2) is 4.79 Å². The van der Waals surface area contributed by atoms with E-state index in [1.54, 1.807) is 0 Å². The second-order valence-electron chi connectivity index (χ2n) is 4.07. The van der Waals surface area contributed by atoms with Crippen molar-refractivity contribution < 1.29 is 18.0 Å². The van der Waals surface area contributed by atoms with Gasteiger partial charge in [-0.05, 0) is 31.0 Å². The molecule has 98 valence electrons. The first kappa shape index (κ1) is 13.2. The highest BCUT2D eigenvalue weighted by molar-refractivity contribution is 9.10. The molecule has 0 aromatic heterocycles. The lowest BCUT2D eigenvalue weighted by molar-refractivity contribution is -0.138. The molecule has 1 aliphatic rings. The Morgan fingerprint density at radius 1 is 1.33 bits per heavy atom. The van der Waals surface area contributed by atoms with Crippen LogP contribution in [0.5, 0.6) is 0 Å². The van der Waals surface area contributed by atoms with Crippen LogP contribution in [0.1, 0.15) is 18.4 Å². The van der Waals surface area contributed by atoms with Crippen LogP contribution < -0.4 is 10.6 Å². The van der Waals surface area contributed by atoms with Crippen LogP contribution in [0.25, 0.3) is 0 Å². The van der Waals surface area contributed by atoms with Gasteiger partial charge in [-0.15, -0.1) is 0 Å². The summed E-state index contributed by atoms with van der Waals surface area (Å²) in [7, 11) is 0. The molecular weight excluding hydrogens is 313 g/mol. The number of alkyl halides is 3. The quantitative estimate of drug-likeness (QED) is 0.855. The van der Waals surface area contributed by atoms with Crippen LogP contribution in [0.3, 0.4) is 0 Å². The second kappa shape index (κ2) is 4.79. The Hall–Kier alpha value is -1.24. The molecule has 1 saturated carbocycles. The van der Waals surface area contributed by atoms with Gasteiger partial charge in [0.2, 0.25) is 0 Å². The topological polar surface area (TPSA) is 41.1 Å². The lowest BCUT2D eigenvalue weighted by atomic mass is 10.2. The Bertz CT molecular complexity index is 472. The molecule has 1 aromatic rings. The zero-order chi connectivity index (χ0) is 13.3. The SMILES string of the molecule is O=C(Nc1ccc(Br)c(C(F)(F)F)c1)NC1CC1. The number of amides is 2. The van der Waals surface area contributed by atoms with Crippen LogP contribution >= 0.6 is 15.9 Å². The van der Waals surface area contributed by atoms with Crippen molar-refractivity contribution in [2.24, 2.45) is 0 Å². The molecule has 0 saturated heterocycles. The first-order valence-electron chi connectivity index (χ1n) is 5.30. The second-order valence-corrected chi connectivity index (χ2v) is 4.92. The minimum absolute atomic E-state index is 0.0526. The molecule has 0 bridgehead atoms. The standard InChI is InChI=1S/C11H10BrF3N2O/c12-9-4-3-7(5-8(9)11(13,14)15)17-10(18)16-6-1-2-6/h3-6H,1-2H2,(H2,16,17,18). The van der Waals surface area contributed by atoms with E-state index in [1.165, 1.54) is 12.1 Å². The van der Waals surface area contributed by atoms with E-state index in [-0.39, 0.29) is 16.2 Å². The van der Waals surface area contributed by atoms with E-state index in [1.807, 2.05) is 0 Å². The van der Waals surface area contributed by atoms with Crippen molar-refractivity contribution in [2.75, 3.05) is 5.32 Å². The molecule has 2 rings (SSSR count). The van der Waals surface area contributed by atoms with Crippen molar-refractivity contribution >= 4 is 27.6 Å². The summed E-state index contributed by atoms with van der Waals surface area (Å²) in [5.74, 6) is 0. The van der Waals surface area contributed by atoms with Crippen molar-refractivity contribution in [1.29, 1.82) is 0 Å². The average Bonchev–Trinajstić information content (AvgIpc) is 3.03. The summed E-state index contributed by atoms with van der Waals surface area (Å²) >= 11 is 2.83. The van der Waals surface area contributed by atoms with Gasteiger partial charge in [0.25, 0.3) is 0 Å². The third kappa shape index (κ3) is 3.38. The molecule has 0 atom stereocenters. The molecule has 3 nitrogen and oxygen atoms in total. The van der Waals surface area contributed by atoms with Gasteiger partial charge in [-0.1, -0.05) is 15.9 Å². The number of urea groups is 1. The van der Waals surface area contributed by atoms with Crippen LogP contribution in [0.2, 0.25) is 0 Å². The maximum absolute atomic E-state index is 12.6. The molecule has 0 aliphatic heterocycles. The molecule has 18 heavy (non-hydrogen) atoms. The highest BCUT2D eigenvalue weighted by atomic mass is 79.9. The van der Waals surface area contributed by atoms with E-state index in [0.29, 0.717) is 0 Å². The third-order valence-electron chi connectivity index (χ3n) is 2.44. The molecular formula is C11H10BrF3N2O. The minimum atomic E-state index is -4.45. The molecule has 1 aromatic carbocycles. The van der Waals surface area contributed by atoms with E-state index in [0.717, 1.165) is 18.9 Å². The van der Waals surface area contributed by atoms with Crippen LogP contribution in [0.15, 0.2) is 22.7 Å². The van der Waals surface area contributed by atoms with Crippen LogP contribution in [-0.2, 0) is 6.18 Å². The molecule has 0 heterocycles. The monoisotopic (exact) mass is 322 g/mol. The maximum Gasteiger partial charge on any atom is 0.417 e. The number of rotatable bonds is 2. The average molecular weight is 323 g/mol. The third-order valence-corrected chi connectivity index (χ3v) is 3.13. The summed E-state index contributed by atoms with van der Waals surface area (Å²) in [6, 6.07) is 3.24. The largest absolute Gasteiger partial charge is 0.417 e. The predicted molar refractivity (Wildman–Crippen MR) is 64.3 cm³/mol. The fourth-order valence-electron chi connectivity index (χ4n) is 1.40. The molecule has 0 radical (unpaired) electrons. The Kier molecular flexibility index (Phi) is 3.52. The zero-order valence-electron chi connectivity index (χ0n) is 9.14. The van der Waals surface area contributed by atoms with Crippen molar-refractivity contribution in [3.05, 3.63) is 28.2 Å². The fourth-order valence-corrected chi connectivity index (χ4v) is 1.87. The van der Waals surface area contributed by atoms with Gasteiger partial charge < -0.3 is 10.6 Å². The van der Waals surface area contributed by atoms with Gasteiger partial charge in [-0.2, -0.15) is 13.2 Å². The molecule has 1 aliphatic carbocycles. The Labute approximate surface area is 110 Å². The van der Waals surface area contributed by atoms with Crippen molar-refractivity contribution in [3.8, 4) is 0 Å². The van der Waals surface area contributed by atoms with E-state index >= 15 is 0 Å². The first-order valence-corrected chi connectivity index (χ1v) is 6.10. The smallest absolute Gasteiger partial charge is 0.335 e. The van der Waals surface area contributed by atoms with Crippen molar-refractivity contribution in [2.45, 2.75) is 25.1 Å². The normalized spacial score (nSPS) is 15.3. The number of hydrogen-bond donors (Lipinski definition) is 2. The van der Waals surface area contributed by atoms with Crippen LogP contribution in [-0.4, -0.2) is 12.1 Å². The Morgan fingerprint density at radius 3 is 2.56 bits per heavy atom. The first-order chi connectivity index (χ1) is 8.36. The number of benzene rings is 1. The Balaban J connectivity index is 2.11. The number of carbonyl (C=O) groups excluding carboxylic acids is 1. The van der Waals surface area contributed by atoms with Gasteiger partial charge >= 0.3 is 12.2 Å². The van der Waals surface area contributed by atoms with E-state index in [2.05, 4.69) is 26.6 Å². The van der Waals surface area contributed by atoms with E-state index in [4.69, 9.17) is 0 Å². The minimum Gasteiger partial charge on any atom is -0.335 e. The number of halogens is 4. The number of hydrogen-bond acceptors (Lipinski definition) is 1. The van der Waals surface area contributed by atoms with Crippen molar-refractivity contribution in [3.63, 3.8) is 0 Å². The molecule has 2 N–H and O–H groups in total. The zero-order valence-corrected chi connectivity index (χ0v) is 10.7. The highest BCUT2D eigenvalue weighted by Crippen LogP contribution is 2.36. The van der Waals surface area contributed by atoms with Crippen LogP contribution in [0.4, 0.5) is 23.7 Å². The predicted octanol–water partition coefficient (Wildman–Crippen LogP) is 3.75. The van der Waals surface area contributed by atoms with E-state index in [9.17, 15) is 18.0 Å². The highest BCUT2D eigenvalue weighted by Gasteiger charge is 2.33. The molecule has 0 unspecified atom stereocenters. The fraction of sp³-hybridized carbons (Fsp3) is 0.364. The maximum atomic E-state index is 12.6. The number of nitrogens with one attached hydrogen (secondary N) is 2. The summed E-state index contributed by atoms with van der Waals surface area (Å²) in [6.45, 7) is 0. The molecule has 2 amide bonds. The molecule has 7 heteroatoms. The lowest BCUT2D eigenvalue weighted by Gasteiger charge is -2.12. The van der Waals surface area contributed by atoms with E-state index < -0.39 is 17.8 Å². The van der Waals surface area contributed by atoms with Crippen LogP contribution in [0, 0.1) is 0 Å².